The normalized spacial score (nSPS) is 40.8. The molecule has 3 heteroatoms. The van der Waals surface area contributed by atoms with Gasteiger partial charge in [0.15, 0.2) is 0 Å². The summed E-state index contributed by atoms with van der Waals surface area (Å²) in [5, 5.41) is 0. The minimum Gasteiger partial charge on any atom is -0.462 e. The Hall–Kier alpha value is -1.90. The molecule has 1 aromatic rings. The molecule has 0 bridgehead atoms. The van der Waals surface area contributed by atoms with Gasteiger partial charge in [-0.05, 0) is 84.8 Å². The molecule has 3 nitrogen and oxygen atoms in total. The van der Waals surface area contributed by atoms with Gasteiger partial charge in [0.25, 0.3) is 0 Å². The fraction of sp³-hybridized carbons (Fsp3) is 0.615. The van der Waals surface area contributed by atoms with Crippen LogP contribution in [0.1, 0.15) is 71.4 Å². The van der Waals surface area contributed by atoms with E-state index in [1.165, 1.54) is 43.9 Å². The third-order valence-electron chi connectivity index (χ3n) is 8.91. The summed E-state index contributed by atoms with van der Waals surface area (Å²) in [6, 6.07) is 6.31. The first-order valence-electron chi connectivity index (χ1n) is 11.4. The van der Waals surface area contributed by atoms with E-state index in [0.717, 1.165) is 37.0 Å². The predicted octanol–water partition coefficient (Wildman–Crippen LogP) is 5.97. The molecule has 5 rings (SSSR count). The predicted molar refractivity (Wildman–Crippen MR) is 115 cm³/mol. The van der Waals surface area contributed by atoms with E-state index in [1.807, 2.05) is 12.3 Å². The topological polar surface area (TPSA) is 39.2 Å². The lowest BCUT2D eigenvalue weighted by molar-refractivity contribution is -0.148. The zero-order valence-corrected chi connectivity index (χ0v) is 18.0. The molecule has 0 spiro atoms. The van der Waals surface area contributed by atoms with Gasteiger partial charge in [0.1, 0.15) is 6.10 Å². The summed E-state index contributed by atoms with van der Waals surface area (Å²) < 4.78 is 5.57. The molecule has 4 unspecified atom stereocenters. The number of aromatic nitrogens is 1. The second kappa shape index (κ2) is 6.82. The lowest BCUT2D eigenvalue weighted by Gasteiger charge is -2.57. The largest absolute Gasteiger partial charge is 0.462 e. The Morgan fingerprint density at radius 1 is 1.07 bits per heavy atom. The first-order valence-corrected chi connectivity index (χ1v) is 11.4. The molecule has 29 heavy (non-hydrogen) atoms. The van der Waals surface area contributed by atoms with Crippen LogP contribution >= 0.6 is 0 Å². The second-order valence-electron chi connectivity index (χ2n) is 10.3. The molecule has 0 saturated heterocycles. The molecule has 2 saturated carbocycles. The van der Waals surface area contributed by atoms with Gasteiger partial charge in [-0.2, -0.15) is 0 Å². The highest BCUT2D eigenvalue weighted by molar-refractivity contribution is 5.70. The van der Waals surface area contributed by atoms with Gasteiger partial charge in [0, 0.05) is 19.5 Å². The third kappa shape index (κ3) is 2.92. The number of rotatable bonds is 2. The van der Waals surface area contributed by atoms with Gasteiger partial charge in [-0.15, -0.1) is 0 Å². The van der Waals surface area contributed by atoms with E-state index in [4.69, 9.17) is 9.72 Å². The summed E-state index contributed by atoms with van der Waals surface area (Å²) in [6.07, 6.45) is 15.1. The monoisotopic (exact) mass is 391 g/mol. The lowest BCUT2D eigenvalue weighted by atomic mass is 9.47. The van der Waals surface area contributed by atoms with Crippen LogP contribution in [0.4, 0.5) is 0 Å². The molecular weight excluding hydrogens is 358 g/mol. The number of allylic oxidation sites excluding steroid dienone is 3. The number of fused-ring (bicyclic) bond motifs is 5. The quantitative estimate of drug-likeness (QED) is 0.460. The molecule has 1 aromatic heterocycles. The molecule has 1 heterocycles. The molecule has 4 aliphatic rings. The minimum atomic E-state index is -0.139. The number of hydrogen-bond donors (Lipinski definition) is 0. The Balaban J connectivity index is 1.41. The highest BCUT2D eigenvalue weighted by Gasteiger charge is 2.57. The number of nitrogens with zero attached hydrogens (tertiary/aromatic N) is 1. The zero-order chi connectivity index (χ0) is 20.2. The molecule has 6 atom stereocenters. The van der Waals surface area contributed by atoms with E-state index in [0.29, 0.717) is 0 Å². The van der Waals surface area contributed by atoms with Crippen LogP contribution in [0, 0.1) is 28.6 Å². The Kier molecular flexibility index (Phi) is 4.49. The van der Waals surface area contributed by atoms with Crippen LogP contribution in [0.25, 0.3) is 5.57 Å². The van der Waals surface area contributed by atoms with Crippen molar-refractivity contribution in [2.45, 2.75) is 71.8 Å². The van der Waals surface area contributed by atoms with E-state index in [1.54, 1.807) is 5.57 Å². The Bertz CT molecular complexity index is 872. The van der Waals surface area contributed by atoms with E-state index in [2.05, 4.69) is 38.1 Å². The maximum atomic E-state index is 11.4. The number of ether oxygens (including phenoxy) is 1. The van der Waals surface area contributed by atoms with Crippen molar-refractivity contribution in [1.82, 2.24) is 4.98 Å². The van der Waals surface area contributed by atoms with Gasteiger partial charge in [-0.25, -0.2) is 0 Å². The second-order valence-corrected chi connectivity index (χ2v) is 10.3. The van der Waals surface area contributed by atoms with Crippen molar-refractivity contribution in [2.75, 3.05) is 0 Å². The zero-order valence-electron chi connectivity index (χ0n) is 18.0. The highest BCUT2D eigenvalue weighted by Crippen LogP contribution is 2.66. The Morgan fingerprint density at radius 3 is 2.66 bits per heavy atom. The number of carbonyl (C=O) groups is 1. The summed E-state index contributed by atoms with van der Waals surface area (Å²) in [4.78, 5) is 16.1. The lowest BCUT2D eigenvalue weighted by Crippen LogP contribution is -2.50. The summed E-state index contributed by atoms with van der Waals surface area (Å²) in [7, 11) is 0. The fourth-order valence-electron chi connectivity index (χ4n) is 7.45. The smallest absolute Gasteiger partial charge is 0.302 e. The maximum Gasteiger partial charge on any atom is 0.302 e. The number of carbonyl (C=O) groups excluding carboxylic acids is 1. The van der Waals surface area contributed by atoms with E-state index in [9.17, 15) is 4.79 Å². The molecule has 4 aliphatic carbocycles. The van der Waals surface area contributed by atoms with Gasteiger partial charge in [-0.3, -0.25) is 9.78 Å². The number of esters is 1. The maximum absolute atomic E-state index is 11.4. The van der Waals surface area contributed by atoms with Crippen LogP contribution in [0.15, 0.2) is 42.1 Å². The average Bonchev–Trinajstić information content (AvgIpc) is 3.06. The van der Waals surface area contributed by atoms with Gasteiger partial charge in [0.05, 0.1) is 5.69 Å². The van der Waals surface area contributed by atoms with Gasteiger partial charge in [0.2, 0.25) is 0 Å². The standard InChI is InChI=1S/C26H33NO2/c1-17(28)29-19-11-13-25(2)18(16-19)7-8-20-21-9-10-23(24-6-4-5-15-27-24)26(21,3)14-12-22(20)25/h4-7,10,15,19-22H,8-9,11-14,16H2,1-3H3/t19?,20?,21?,22?,25-,26-/m0/s1. The molecule has 0 aromatic carbocycles. The Labute approximate surface area is 174 Å². The van der Waals surface area contributed by atoms with Crippen LogP contribution < -0.4 is 0 Å². The molecule has 0 aliphatic heterocycles. The van der Waals surface area contributed by atoms with E-state index >= 15 is 0 Å². The van der Waals surface area contributed by atoms with Crippen LogP contribution in [0.5, 0.6) is 0 Å². The average molecular weight is 392 g/mol. The summed E-state index contributed by atoms with van der Waals surface area (Å²) in [5.74, 6) is 2.10. The first-order chi connectivity index (χ1) is 13.9. The van der Waals surface area contributed by atoms with Crippen molar-refractivity contribution in [3.05, 3.63) is 47.8 Å². The van der Waals surface area contributed by atoms with Gasteiger partial charge in [-0.1, -0.05) is 37.6 Å². The Morgan fingerprint density at radius 2 is 1.90 bits per heavy atom. The molecule has 0 amide bonds. The summed E-state index contributed by atoms with van der Waals surface area (Å²) in [6.45, 7) is 6.54. The van der Waals surface area contributed by atoms with E-state index < -0.39 is 0 Å². The van der Waals surface area contributed by atoms with Crippen LogP contribution in [-0.4, -0.2) is 17.1 Å². The van der Waals surface area contributed by atoms with Crippen molar-refractivity contribution in [3.8, 4) is 0 Å². The van der Waals surface area contributed by atoms with Crippen molar-refractivity contribution >= 4 is 11.5 Å². The molecular formula is C26H33NO2. The summed E-state index contributed by atoms with van der Waals surface area (Å²) >= 11 is 0. The molecule has 0 radical (unpaired) electrons. The number of hydrogen-bond acceptors (Lipinski definition) is 3. The van der Waals surface area contributed by atoms with Crippen LogP contribution in [-0.2, 0) is 9.53 Å². The van der Waals surface area contributed by atoms with Crippen molar-refractivity contribution in [1.29, 1.82) is 0 Å². The van der Waals surface area contributed by atoms with E-state index in [-0.39, 0.29) is 22.9 Å². The molecule has 0 N–H and O–H groups in total. The molecule has 154 valence electrons. The van der Waals surface area contributed by atoms with Crippen molar-refractivity contribution < 1.29 is 9.53 Å². The molecule has 2 fully saturated rings. The van der Waals surface area contributed by atoms with Gasteiger partial charge >= 0.3 is 5.97 Å². The van der Waals surface area contributed by atoms with Crippen LogP contribution in [0.2, 0.25) is 0 Å². The van der Waals surface area contributed by atoms with Gasteiger partial charge < -0.3 is 4.74 Å². The first kappa shape index (κ1) is 19.1. The van der Waals surface area contributed by atoms with Crippen LogP contribution in [0.3, 0.4) is 0 Å². The number of pyridine rings is 1. The minimum absolute atomic E-state index is 0.0844. The van der Waals surface area contributed by atoms with Crippen molar-refractivity contribution in [2.24, 2.45) is 28.6 Å². The third-order valence-corrected chi connectivity index (χ3v) is 8.91. The van der Waals surface area contributed by atoms with Crippen molar-refractivity contribution in [3.63, 3.8) is 0 Å². The summed E-state index contributed by atoms with van der Waals surface area (Å²) in [5.41, 5.74) is 4.77. The SMILES string of the molecule is CC(=O)OC1CC[C@@]2(C)C(=CCC3C2CC[C@]2(C)C(c4ccccn4)=CCC32)C1. The fourth-order valence-corrected chi connectivity index (χ4v) is 7.45. The highest BCUT2D eigenvalue weighted by atomic mass is 16.5.